The van der Waals surface area contributed by atoms with Crippen molar-refractivity contribution in [1.82, 2.24) is 5.43 Å². The summed E-state index contributed by atoms with van der Waals surface area (Å²) in [6.45, 7) is 0.433. The zero-order chi connectivity index (χ0) is 21.5. The lowest BCUT2D eigenvalue weighted by molar-refractivity contribution is 0.0954. The van der Waals surface area contributed by atoms with Crippen LogP contribution in [0.2, 0.25) is 0 Å². The number of rotatable bonds is 7. The summed E-state index contributed by atoms with van der Waals surface area (Å²) < 4.78 is 11.2. The molecule has 4 rings (SSSR count). The highest BCUT2D eigenvalue weighted by Crippen LogP contribution is 2.22. The molecule has 0 unspecified atom stereocenters. The van der Waals surface area contributed by atoms with Gasteiger partial charge in [0.15, 0.2) is 0 Å². The maximum Gasteiger partial charge on any atom is 0.271 e. The lowest BCUT2D eigenvalue weighted by Crippen LogP contribution is -2.17. The second-order valence-electron chi connectivity index (χ2n) is 6.90. The smallest absolute Gasteiger partial charge is 0.271 e. The van der Waals surface area contributed by atoms with Crippen LogP contribution < -0.4 is 14.9 Å². The zero-order valence-electron chi connectivity index (χ0n) is 17.1. The third-order valence-corrected chi connectivity index (χ3v) is 4.88. The predicted octanol–water partition coefficient (Wildman–Crippen LogP) is 5.19. The van der Waals surface area contributed by atoms with E-state index in [-0.39, 0.29) is 5.91 Å². The largest absolute Gasteiger partial charge is 0.497 e. The summed E-state index contributed by atoms with van der Waals surface area (Å²) in [5.41, 5.74) is 4.89. The van der Waals surface area contributed by atoms with Gasteiger partial charge in [-0.1, -0.05) is 60.7 Å². The van der Waals surface area contributed by atoms with Gasteiger partial charge in [-0.05, 0) is 46.7 Å². The number of ether oxygens (including phenoxy) is 2. The molecule has 1 amide bonds. The molecule has 0 aliphatic carbocycles. The van der Waals surface area contributed by atoms with Gasteiger partial charge in [0.05, 0.1) is 13.3 Å². The van der Waals surface area contributed by atoms with Crippen LogP contribution in [0, 0.1) is 0 Å². The van der Waals surface area contributed by atoms with E-state index in [1.54, 1.807) is 37.6 Å². The monoisotopic (exact) mass is 410 g/mol. The van der Waals surface area contributed by atoms with E-state index in [4.69, 9.17) is 9.47 Å². The molecule has 5 nitrogen and oxygen atoms in total. The second-order valence-corrected chi connectivity index (χ2v) is 6.90. The standard InChI is InChI=1S/C26H22N2O3/c1-30-23-13-7-11-20(16-23)26(29)28-27-17-21-9-3-5-15-25(21)31-18-22-12-6-10-19-8-2-4-14-24(19)22/h2-17H,18H2,1H3,(H,28,29)/b27-17+. The van der Waals surface area contributed by atoms with Crippen molar-refractivity contribution in [1.29, 1.82) is 0 Å². The summed E-state index contributed by atoms with van der Waals surface area (Å²) in [7, 11) is 1.56. The van der Waals surface area contributed by atoms with Crippen LogP contribution >= 0.6 is 0 Å². The highest BCUT2D eigenvalue weighted by molar-refractivity contribution is 5.95. The van der Waals surface area contributed by atoms with E-state index in [1.807, 2.05) is 42.5 Å². The molecule has 0 saturated carbocycles. The SMILES string of the molecule is COc1cccc(C(=O)N/N=C/c2ccccc2OCc2cccc3ccccc23)c1. The molecule has 4 aromatic rings. The Labute approximate surface area is 180 Å². The molecule has 1 N–H and O–H groups in total. The molecule has 4 aromatic carbocycles. The molecule has 0 spiro atoms. The quantitative estimate of drug-likeness (QED) is 0.337. The van der Waals surface area contributed by atoms with Gasteiger partial charge in [-0.15, -0.1) is 0 Å². The summed E-state index contributed by atoms with van der Waals surface area (Å²) in [5, 5.41) is 6.44. The molecule has 0 saturated heterocycles. The fourth-order valence-electron chi connectivity index (χ4n) is 3.28. The van der Waals surface area contributed by atoms with Crippen molar-refractivity contribution in [3.63, 3.8) is 0 Å². The van der Waals surface area contributed by atoms with Crippen LogP contribution in [0.4, 0.5) is 0 Å². The third-order valence-electron chi connectivity index (χ3n) is 4.88. The highest BCUT2D eigenvalue weighted by Gasteiger charge is 2.07. The average molecular weight is 410 g/mol. The Balaban J connectivity index is 1.45. The number of fused-ring (bicyclic) bond motifs is 1. The highest BCUT2D eigenvalue weighted by atomic mass is 16.5. The number of carbonyl (C=O) groups excluding carboxylic acids is 1. The van der Waals surface area contributed by atoms with Crippen molar-refractivity contribution >= 4 is 22.9 Å². The first-order valence-electron chi connectivity index (χ1n) is 9.90. The normalized spacial score (nSPS) is 10.9. The number of para-hydroxylation sites is 1. The molecule has 0 aliphatic heterocycles. The molecule has 0 bridgehead atoms. The fourth-order valence-corrected chi connectivity index (χ4v) is 3.28. The summed E-state index contributed by atoms with van der Waals surface area (Å²) >= 11 is 0. The first-order valence-corrected chi connectivity index (χ1v) is 9.90. The van der Waals surface area contributed by atoms with Crippen molar-refractivity contribution in [2.45, 2.75) is 6.61 Å². The van der Waals surface area contributed by atoms with E-state index >= 15 is 0 Å². The summed E-state index contributed by atoms with van der Waals surface area (Å²) in [4.78, 5) is 12.3. The first-order chi connectivity index (χ1) is 15.2. The fraction of sp³-hybridized carbons (Fsp3) is 0.0769. The van der Waals surface area contributed by atoms with Crippen LogP contribution in [-0.2, 0) is 6.61 Å². The van der Waals surface area contributed by atoms with Gasteiger partial charge in [-0.2, -0.15) is 5.10 Å². The molecular weight excluding hydrogens is 388 g/mol. The van der Waals surface area contributed by atoms with Gasteiger partial charge in [0.2, 0.25) is 0 Å². The van der Waals surface area contributed by atoms with Gasteiger partial charge in [0.25, 0.3) is 5.91 Å². The summed E-state index contributed by atoms with van der Waals surface area (Å²) in [6.07, 6.45) is 1.58. The first kappa shape index (κ1) is 20.2. The molecule has 0 radical (unpaired) electrons. The van der Waals surface area contributed by atoms with Gasteiger partial charge in [-0.25, -0.2) is 5.43 Å². The molecule has 0 fully saturated rings. The minimum atomic E-state index is -0.315. The van der Waals surface area contributed by atoms with Crippen molar-refractivity contribution in [2.24, 2.45) is 5.10 Å². The molecule has 0 atom stereocenters. The minimum Gasteiger partial charge on any atom is -0.497 e. The number of amides is 1. The Morgan fingerprint density at radius 3 is 2.61 bits per heavy atom. The molecule has 154 valence electrons. The van der Waals surface area contributed by atoms with Crippen LogP contribution in [0.1, 0.15) is 21.5 Å². The van der Waals surface area contributed by atoms with E-state index in [0.29, 0.717) is 23.7 Å². The van der Waals surface area contributed by atoms with Crippen molar-refractivity contribution in [3.05, 3.63) is 108 Å². The Hall–Kier alpha value is -4.12. The predicted molar refractivity (Wildman–Crippen MR) is 123 cm³/mol. The van der Waals surface area contributed by atoms with Crippen LogP contribution in [0.5, 0.6) is 11.5 Å². The van der Waals surface area contributed by atoms with Gasteiger partial charge in [-0.3, -0.25) is 4.79 Å². The van der Waals surface area contributed by atoms with Gasteiger partial charge in [0, 0.05) is 11.1 Å². The van der Waals surface area contributed by atoms with E-state index < -0.39 is 0 Å². The van der Waals surface area contributed by atoms with Gasteiger partial charge < -0.3 is 9.47 Å². The Kier molecular flexibility index (Phi) is 6.24. The number of nitrogens with one attached hydrogen (secondary N) is 1. The molecule has 0 heterocycles. The Morgan fingerprint density at radius 2 is 1.71 bits per heavy atom. The molecule has 5 heteroatoms. The summed E-state index contributed by atoms with van der Waals surface area (Å²) in [5.74, 6) is 0.989. The maximum absolute atomic E-state index is 12.3. The van der Waals surface area contributed by atoms with E-state index in [9.17, 15) is 4.79 Å². The van der Waals surface area contributed by atoms with Crippen LogP contribution in [0.25, 0.3) is 10.8 Å². The zero-order valence-corrected chi connectivity index (χ0v) is 17.1. The molecule has 0 aliphatic rings. The number of hydrazone groups is 1. The number of benzene rings is 4. The van der Waals surface area contributed by atoms with Crippen molar-refractivity contribution in [2.75, 3.05) is 7.11 Å². The Bertz CT molecular complexity index is 1230. The summed E-state index contributed by atoms with van der Waals surface area (Å²) in [6, 6.07) is 28.9. The van der Waals surface area contributed by atoms with Crippen LogP contribution in [-0.4, -0.2) is 19.2 Å². The van der Waals surface area contributed by atoms with Crippen LogP contribution in [0.15, 0.2) is 96.1 Å². The topological polar surface area (TPSA) is 59.9 Å². The molecule has 0 aromatic heterocycles. The van der Waals surface area contributed by atoms with E-state index in [1.165, 1.54) is 10.8 Å². The average Bonchev–Trinajstić information content (AvgIpc) is 2.83. The number of methoxy groups -OCH3 is 1. The van der Waals surface area contributed by atoms with Crippen molar-refractivity contribution < 1.29 is 14.3 Å². The Morgan fingerprint density at radius 1 is 0.935 bits per heavy atom. The lowest BCUT2D eigenvalue weighted by atomic mass is 10.1. The number of hydrogen-bond acceptors (Lipinski definition) is 4. The lowest BCUT2D eigenvalue weighted by Gasteiger charge is -2.11. The van der Waals surface area contributed by atoms with E-state index in [0.717, 1.165) is 11.1 Å². The van der Waals surface area contributed by atoms with Gasteiger partial charge in [0.1, 0.15) is 18.1 Å². The maximum atomic E-state index is 12.3. The van der Waals surface area contributed by atoms with Gasteiger partial charge >= 0.3 is 0 Å². The number of carbonyl (C=O) groups is 1. The number of hydrogen-bond donors (Lipinski definition) is 1. The van der Waals surface area contributed by atoms with Crippen molar-refractivity contribution in [3.8, 4) is 11.5 Å². The second kappa shape index (κ2) is 9.59. The molecular formula is C26H22N2O3. The van der Waals surface area contributed by atoms with E-state index in [2.05, 4.69) is 34.8 Å². The third kappa shape index (κ3) is 4.90. The number of nitrogens with zero attached hydrogens (tertiary/aromatic N) is 1. The van der Waals surface area contributed by atoms with Crippen LogP contribution in [0.3, 0.4) is 0 Å². The molecule has 31 heavy (non-hydrogen) atoms. The minimum absolute atomic E-state index is 0.315.